The zero-order valence-corrected chi connectivity index (χ0v) is 79.5. The summed E-state index contributed by atoms with van der Waals surface area (Å²) in [6.45, 7) is 9.78. The van der Waals surface area contributed by atoms with Crippen LogP contribution in [0.1, 0.15) is 95.5 Å². The number of nitrogens with zero attached hydrogens (tertiary/aromatic N) is 33. The first-order chi connectivity index (χ1) is 72.1. The standard InChI is InChI=1S/C21H23F2N9O2.C19H20F2N8O3S.C19H18F2N8O2.2C15H12FN9O/c22-13-8-26-20-17(19(24)28-32(20)11-13)21(34)27-15-10-25-9-14(23)18(15)31-6-4-30(5-7-31)16(33)12-29-2-1-3-29;20-11-7-24-18-15(17(22)26-29(18)10-11)19(30)25-14-9-23-8-13(21)16(14)27-3-5-28(6-4-27)33(31,32)12-1-2-12;20-10-5-24-18-15(17(22)26-29(18)8-10)19(31)25-13-7-23-6-12(21)16(13)27-3-4-28-11(9-27)1-2-14(28)30;1-8-20-7-25(22-8)11-2-3-18-5-10(11)21-15(26)12-13(17)23-24-6-9(16)4-19-14(12)24;1-8-20-7-21-25(8)11-2-3-18-5-10(11)22-15(26)12-13(17)23-24-6-9(16)4-19-14(12)24/h8-11H,1-7,12H2,(H2,24,28)(H,27,34);7-10,12H,1-6H2,(H2,22,26)(H,25,30);5-8,11H,1-4,9H2,(H2,22,26)(H,25,31);2-7H,1H3,(H2,17,23)(H,21,26);2-7H,1H3,(H2,17,23)(H,22,26). The highest BCUT2D eigenvalue weighted by Crippen LogP contribution is 2.39. The van der Waals surface area contributed by atoms with Gasteiger partial charge in [-0.15, -0.1) is 25.5 Å². The van der Waals surface area contributed by atoms with E-state index in [2.05, 4.69) is 127 Å². The Hall–Kier alpha value is -18.9. The third kappa shape index (κ3) is 20.7. The number of pyridine rings is 5. The maximum atomic E-state index is 14.8. The first-order valence-corrected chi connectivity index (χ1v) is 47.3. The fourth-order valence-electron chi connectivity index (χ4n) is 17.4. The second-order valence-electron chi connectivity index (χ2n) is 34.4. The minimum atomic E-state index is -3.32. The monoisotopic (exact) mass is 2080 g/mol. The number of nitrogens with one attached hydrogen (secondary N) is 5. The summed E-state index contributed by atoms with van der Waals surface area (Å²) in [6.07, 6.45) is 29.9. The Morgan fingerprint density at radius 1 is 0.407 bits per heavy atom. The Morgan fingerprint density at radius 3 is 1.14 bits per heavy atom. The SMILES string of the molecule is Cc1ncn(-c2ccncc2NC(=O)c2c(N)nn3cc(F)cnc23)n1.Cc1ncnn1-c1ccncc1NC(=O)c1c(N)nn2cc(F)cnc12.Nc1nn2cc(F)cnc2c1C(=O)Nc1cncc(F)c1N1CCN(C(=O)CN2CCC2)CC1.Nc1nn2cc(F)cnc2c1C(=O)Nc1cncc(F)c1N1CCN(S(=O)(=O)C2CC2)CC1.Nc1nn2cc(F)cnc2c1C(=O)Nc1cncc(F)c1N1CCN2C(=O)CCC2C1. The van der Waals surface area contributed by atoms with E-state index in [9.17, 15) is 77.1 Å². The van der Waals surface area contributed by atoms with Crippen LogP contribution in [0.5, 0.6) is 0 Å². The maximum Gasteiger partial charge on any atom is 0.263 e. The summed E-state index contributed by atoms with van der Waals surface area (Å²) in [6, 6.07) is 3.37. The number of sulfonamides is 1. The van der Waals surface area contributed by atoms with Crippen LogP contribution in [0.25, 0.3) is 39.6 Å². The second kappa shape index (κ2) is 41.7. The summed E-state index contributed by atoms with van der Waals surface area (Å²) >= 11 is 0. The van der Waals surface area contributed by atoms with Crippen LogP contribution in [0.2, 0.25) is 0 Å². The highest BCUT2D eigenvalue weighted by molar-refractivity contribution is 7.90. The van der Waals surface area contributed by atoms with Gasteiger partial charge in [0.15, 0.2) is 104 Å². The van der Waals surface area contributed by atoms with Crippen LogP contribution in [0, 0.1) is 60.4 Å². The molecule has 17 aromatic heterocycles. The fraction of sp³-hybridized carbons (Fsp3) is 0.258. The molecular formula is C89H85F8N43O9S. The Bertz CT molecular complexity index is 8290. The first-order valence-electron chi connectivity index (χ1n) is 45.8. The van der Waals surface area contributed by atoms with Crippen molar-refractivity contribution in [2.24, 2.45) is 0 Å². The van der Waals surface area contributed by atoms with Gasteiger partial charge in [-0.25, -0.2) is 110 Å². The van der Waals surface area contributed by atoms with E-state index >= 15 is 0 Å². The number of piperazine rings is 3. The number of hydrogen-bond acceptors (Lipinski definition) is 37. The lowest BCUT2D eigenvalue weighted by Crippen LogP contribution is -2.53. The maximum absolute atomic E-state index is 14.8. The van der Waals surface area contributed by atoms with E-state index in [1.807, 2.05) is 4.90 Å². The predicted octanol–water partition coefficient (Wildman–Crippen LogP) is 4.46. The fourth-order valence-corrected chi connectivity index (χ4v) is 19.2. The molecule has 0 bridgehead atoms. The molecule has 1 aliphatic carbocycles. The lowest BCUT2D eigenvalue weighted by molar-refractivity contribution is -0.133. The Kier molecular flexibility index (Phi) is 27.8. The molecule has 15 N–H and O–H groups in total. The number of halogens is 8. The van der Waals surface area contributed by atoms with Gasteiger partial charge in [0.1, 0.15) is 69.2 Å². The van der Waals surface area contributed by atoms with E-state index in [4.69, 9.17) is 28.7 Å². The van der Waals surface area contributed by atoms with E-state index in [-0.39, 0.29) is 169 Å². The van der Waals surface area contributed by atoms with Gasteiger partial charge in [-0.2, -0.15) is 14.5 Å². The third-order valence-corrected chi connectivity index (χ3v) is 27.1. The smallest absolute Gasteiger partial charge is 0.263 e. The van der Waals surface area contributed by atoms with Crippen LogP contribution in [0.4, 0.5) is 110 Å². The van der Waals surface area contributed by atoms with Crippen molar-refractivity contribution >= 4 is 154 Å². The Labute approximate surface area is 838 Å². The Morgan fingerprint density at radius 2 is 0.773 bits per heavy atom. The van der Waals surface area contributed by atoms with Crippen molar-refractivity contribution in [2.75, 3.05) is 162 Å². The largest absolute Gasteiger partial charge is 0.381 e. The summed E-state index contributed by atoms with van der Waals surface area (Å²) in [5.41, 5.74) is 32.3. The third-order valence-electron chi connectivity index (χ3n) is 24.7. The van der Waals surface area contributed by atoms with E-state index in [0.717, 1.165) is 123 Å². The minimum Gasteiger partial charge on any atom is -0.381 e. The summed E-state index contributed by atoms with van der Waals surface area (Å²) in [4.78, 5) is 147. The average molecular weight is 2090 g/mol. The summed E-state index contributed by atoms with van der Waals surface area (Å²) in [5.74, 6) is -7.35. The van der Waals surface area contributed by atoms with Gasteiger partial charge in [-0.1, -0.05) is 0 Å². The minimum absolute atomic E-state index is 0.00623. The molecule has 1 saturated carbocycles. The molecule has 6 aliphatic rings. The van der Waals surface area contributed by atoms with Crippen molar-refractivity contribution in [3.8, 4) is 11.4 Å². The van der Waals surface area contributed by atoms with Gasteiger partial charge in [0.05, 0.1) is 163 Å². The van der Waals surface area contributed by atoms with Crippen LogP contribution >= 0.6 is 0 Å². The van der Waals surface area contributed by atoms with Crippen molar-refractivity contribution in [1.82, 2.24) is 146 Å². The molecule has 6 fully saturated rings. The number of amides is 7. The van der Waals surface area contributed by atoms with Gasteiger partial charge >= 0.3 is 0 Å². The topological polar surface area (TPSA) is 643 Å². The van der Waals surface area contributed by atoms with E-state index < -0.39 is 86.1 Å². The molecule has 5 saturated heterocycles. The summed E-state index contributed by atoms with van der Waals surface area (Å²) in [7, 11) is -3.32. The number of rotatable bonds is 19. The number of nitrogen functional groups attached to an aromatic ring is 5. The molecule has 52 nitrogen and oxygen atoms in total. The van der Waals surface area contributed by atoms with E-state index in [0.29, 0.717) is 112 Å². The van der Waals surface area contributed by atoms with Crippen LogP contribution in [0.15, 0.2) is 149 Å². The van der Waals surface area contributed by atoms with Gasteiger partial charge in [-0.05, 0) is 64.8 Å². The van der Waals surface area contributed by atoms with E-state index in [1.54, 1.807) is 62.7 Å². The van der Waals surface area contributed by atoms with Crippen LogP contribution in [-0.4, -0.2) is 299 Å². The molecule has 150 heavy (non-hydrogen) atoms. The molecule has 0 radical (unpaired) electrons. The molecule has 7 amide bonds. The van der Waals surface area contributed by atoms with Gasteiger partial charge in [0, 0.05) is 96.8 Å². The van der Waals surface area contributed by atoms with Crippen LogP contribution in [0.3, 0.4) is 0 Å². The van der Waals surface area contributed by atoms with Crippen molar-refractivity contribution in [3.63, 3.8) is 0 Å². The number of carbonyl (C=O) groups is 7. The number of carbonyl (C=O) groups excluding carboxylic acids is 7. The van der Waals surface area contributed by atoms with Crippen molar-refractivity contribution in [2.45, 2.75) is 57.2 Å². The molecule has 22 heterocycles. The molecule has 17 aromatic rings. The lowest BCUT2D eigenvalue weighted by atomic mass is 10.1. The molecule has 772 valence electrons. The average Bonchev–Trinajstić information content (AvgIpc) is 1.48. The van der Waals surface area contributed by atoms with Gasteiger partial charge in [-0.3, -0.25) is 63.4 Å². The van der Waals surface area contributed by atoms with Gasteiger partial charge in [0.25, 0.3) is 29.5 Å². The van der Waals surface area contributed by atoms with Crippen molar-refractivity contribution < 1.29 is 77.1 Å². The number of aryl methyl sites for hydroxylation is 2. The van der Waals surface area contributed by atoms with Crippen LogP contribution < -0.4 is 70.0 Å². The quantitative estimate of drug-likeness (QED) is 0.0499. The second-order valence-corrected chi connectivity index (χ2v) is 36.6. The molecule has 1 unspecified atom stereocenters. The summed E-state index contributed by atoms with van der Waals surface area (Å²) < 4.78 is 146. The normalized spacial score (nSPS) is 15.2. The number of likely N-dealkylation sites (tertiary alicyclic amines) is 1. The summed E-state index contributed by atoms with van der Waals surface area (Å²) in [5, 5.41) is 40.8. The number of aromatic nitrogens is 26. The molecule has 1 atom stereocenters. The molecule has 5 aliphatic heterocycles. The predicted molar refractivity (Wildman–Crippen MR) is 519 cm³/mol. The van der Waals surface area contributed by atoms with E-state index in [1.165, 1.54) is 52.6 Å². The molecule has 0 spiro atoms. The van der Waals surface area contributed by atoms with Crippen molar-refractivity contribution in [1.29, 1.82) is 0 Å². The lowest BCUT2D eigenvalue weighted by Gasteiger charge is -2.39. The number of anilines is 13. The molecule has 61 heteroatoms. The number of hydrogen-bond donors (Lipinski definition) is 10. The van der Waals surface area contributed by atoms with Crippen LogP contribution in [-0.2, 0) is 19.6 Å². The molecule has 23 rings (SSSR count). The van der Waals surface area contributed by atoms with Crippen molar-refractivity contribution in [3.05, 3.63) is 235 Å². The molecule has 0 aromatic carbocycles. The Balaban J connectivity index is 0.000000118. The molecular weight excluding hydrogens is 2000 g/mol. The zero-order valence-electron chi connectivity index (χ0n) is 78.7. The number of fused-ring (bicyclic) bond motifs is 6. The highest BCUT2D eigenvalue weighted by atomic mass is 32.2. The van der Waals surface area contributed by atoms with Gasteiger partial charge < -0.3 is 79.8 Å². The highest BCUT2D eigenvalue weighted by Gasteiger charge is 2.43. The van der Waals surface area contributed by atoms with Gasteiger partial charge in [0.2, 0.25) is 21.8 Å². The number of nitrogens with two attached hydrogens (primary N) is 5. The first kappa shape index (κ1) is 99.8. The zero-order chi connectivity index (χ0) is 105.